The fourth-order valence-corrected chi connectivity index (χ4v) is 3.34. The Morgan fingerprint density at radius 3 is 2.45 bits per heavy atom. The smallest absolute Gasteiger partial charge is 0.251 e. The number of pyridine rings is 1. The fourth-order valence-electron chi connectivity index (χ4n) is 3.22. The van der Waals surface area contributed by atoms with Gasteiger partial charge in [0.25, 0.3) is 5.91 Å². The van der Waals surface area contributed by atoms with Crippen LogP contribution in [0.5, 0.6) is 5.75 Å². The molecule has 154 valence electrons. The molecule has 0 radical (unpaired) electrons. The van der Waals surface area contributed by atoms with Crippen LogP contribution in [0, 0.1) is 0 Å². The molecule has 0 spiro atoms. The summed E-state index contributed by atoms with van der Waals surface area (Å²) in [5.74, 6) is 0.547. The highest BCUT2D eigenvalue weighted by Gasteiger charge is 2.11. The predicted molar refractivity (Wildman–Crippen MR) is 126 cm³/mol. The lowest BCUT2D eigenvalue weighted by Gasteiger charge is -2.10. The van der Waals surface area contributed by atoms with E-state index in [1.807, 2.05) is 78.9 Å². The Balaban J connectivity index is 1.50. The van der Waals surface area contributed by atoms with Crippen molar-refractivity contribution in [2.45, 2.75) is 6.61 Å². The van der Waals surface area contributed by atoms with Gasteiger partial charge in [-0.25, -0.2) is 4.98 Å². The van der Waals surface area contributed by atoms with Crippen molar-refractivity contribution in [3.8, 4) is 5.75 Å². The first kappa shape index (κ1) is 20.6. The Labute approximate surface area is 186 Å². The number of carbonyl (C=O) groups is 1. The maximum atomic E-state index is 12.4. The van der Waals surface area contributed by atoms with E-state index in [4.69, 9.17) is 16.3 Å². The number of halogens is 1. The molecule has 4 aromatic rings. The summed E-state index contributed by atoms with van der Waals surface area (Å²) in [5.41, 5.74) is 4.06. The van der Waals surface area contributed by atoms with Crippen molar-refractivity contribution in [2.75, 3.05) is 7.05 Å². The van der Waals surface area contributed by atoms with Gasteiger partial charge in [-0.15, -0.1) is 0 Å². The number of benzene rings is 3. The molecule has 0 aliphatic carbocycles. The minimum absolute atomic E-state index is 0.163. The maximum Gasteiger partial charge on any atom is 0.251 e. The zero-order valence-electron chi connectivity index (χ0n) is 17.0. The van der Waals surface area contributed by atoms with E-state index in [0.29, 0.717) is 23.0 Å². The number of ether oxygens (including phenoxy) is 1. The molecule has 0 saturated carbocycles. The number of carbonyl (C=O) groups excluding carboxylic acids is 1. The molecule has 0 fully saturated rings. The number of amides is 1. The van der Waals surface area contributed by atoms with Crippen LogP contribution >= 0.6 is 11.6 Å². The van der Waals surface area contributed by atoms with Crippen molar-refractivity contribution in [2.24, 2.45) is 0 Å². The third kappa shape index (κ3) is 5.11. The maximum absolute atomic E-state index is 12.4. The number of hydrogen-bond acceptors (Lipinski definition) is 3. The summed E-state index contributed by atoms with van der Waals surface area (Å²) >= 11 is 5.96. The number of nitrogens with one attached hydrogen (secondary N) is 1. The van der Waals surface area contributed by atoms with E-state index in [-0.39, 0.29) is 5.91 Å². The Bertz CT molecular complexity index is 1230. The molecule has 0 saturated heterocycles. The molecule has 0 unspecified atom stereocenters. The van der Waals surface area contributed by atoms with Crippen LogP contribution in [0.15, 0.2) is 84.9 Å². The summed E-state index contributed by atoms with van der Waals surface area (Å²) in [6.45, 7) is 0.368. The van der Waals surface area contributed by atoms with Gasteiger partial charge in [0.2, 0.25) is 0 Å². The lowest BCUT2D eigenvalue weighted by Crippen LogP contribution is -2.19. The van der Waals surface area contributed by atoms with Gasteiger partial charge in [-0.3, -0.25) is 4.79 Å². The van der Waals surface area contributed by atoms with Crippen LogP contribution in [-0.4, -0.2) is 17.9 Å². The summed E-state index contributed by atoms with van der Waals surface area (Å²) in [5, 5.41) is 4.45. The number of fused-ring (bicyclic) bond motifs is 1. The molecule has 1 N–H and O–H groups in total. The van der Waals surface area contributed by atoms with E-state index in [0.717, 1.165) is 27.7 Å². The van der Waals surface area contributed by atoms with E-state index in [2.05, 4.69) is 10.3 Å². The summed E-state index contributed by atoms with van der Waals surface area (Å²) in [6.07, 6.45) is 1.84. The van der Waals surface area contributed by atoms with Gasteiger partial charge in [0.05, 0.1) is 11.2 Å². The zero-order chi connectivity index (χ0) is 21.6. The summed E-state index contributed by atoms with van der Waals surface area (Å²) in [4.78, 5) is 17.1. The molecule has 1 aromatic heterocycles. The van der Waals surface area contributed by atoms with Gasteiger partial charge < -0.3 is 10.1 Å². The second-order valence-electron chi connectivity index (χ2n) is 7.00. The van der Waals surface area contributed by atoms with E-state index in [1.165, 1.54) is 0 Å². The SMILES string of the molecule is CNC(=O)/C(=C/c1ccc(Cl)cc1)c1ccc(OCc2ccc3ccccc3n2)cc1. The van der Waals surface area contributed by atoms with Gasteiger partial charge in [-0.2, -0.15) is 0 Å². The summed E-state index contributed by atoms with van der Waals surface area (Å²) in [6, 6.07) is 26.8. The molecule has 0 aliphatic heterocycles. The van der Waals surface area contributed by atoms with Crippen molar-refractivity contribution in [3.63, 3.8) is 0 Å². The zero-order valence-corrected chi connectivity index (χ0v) is 17.8. The topological polar surface area (TPSA) is 51.2 Å². The quantitative estimate of drug-likeness (QED) is 0.314. The molecule has 4 rings (SSSR count). The molecule has 1 heterocycles. The molecule has 0 bridgehead atoms. The lowest BCUT2D eigenvalue weighted by molar-refractivity contribution is -0.115. The first-order valence-corrected chi connectivity index (χ1v) is 10.3. The number of nitrogens with zero attached hydrogens (tertiary/aromatic N) is 1. The number of likely N-dealkylation sites (N-methyl/N-ethyl adjacent to an activating group) is 1. The van der Waals surface area contributed by atoms with Gasteiger partial charge in [-0.1, -0.05) is 60.1 Å². The van der Waals surface area contributed by atoms with Gasteiger partial charge in [0.15, 0.2) is 0 Å². The van der Waals surface area contributed by atoms with Gasteiger partial charge in [-0.05, 0) is 53.6 Å². The third-order valence-corrected chi connectivity index (χ3v) is 5.11. The van der Waals surface area contributed by atoms with Gasteiger partial charge in [0, 0.05) is 23.0 Å². The van der Waals surface area contributed by atoms with Crippen molar-refractivity contribution in [1.29, 1.82) is 0 Å². The first-order chi connectivity index (χ1) is 15.1. The monoisotopic (exact) mass is 428 g/mol. The minimum atomic E-state index is -0.163. The summed E-state index contributed by atoms with van der Waals surface area (Å²) in [7, 11) is 1.62. The van der Waals surface area contributed by atoms with Crippen LogP contribution in [0.4, 0.5) is 0 Å². The van der Waals surface area contributed by atoms with Crippen molar-refractivity contribution in [3.05, 3.63) is 107 Å². The van der Waals surface area contributed by atoms with Crippen LogP contribution in [0.25, 0.3) is 22.6 Å². The molecule has 31 heavy (non-hydrogen) atoms. The van der Waals surface area contributed by atoms with E-state index in [9.17, 15) is 4.79 Å². The van der Waals surface area contributed by atoms with Crippen molar-refractivity contribution in [1.82, 2.24) is 10.3 Å². The normalized spacial score (nSPS) is 11.4. The Morgan fingerprint density at radius 2 is 1.71 bits per heavy atom. The predicted octanol–water partition coefficient (Wildman–Crippen LogP) is 5.75. The van der Waals surface area contributed by atoms with E-state index >= 15 is 0 Å². The van der Waals surface area contributed by atoms with E-state index in [1.54, 1.807) is 19.2 Å². The number of aromatic nitrogens is 1. The minimum Gasteiger partial charge on any atom is -0.487 e. The average Bonchev–Trinajstić information content (AvgIpc) is 2.82. The molecule has 0 aliphatic rings. The Hall–Kier alpha value is -3.63. The molecule has 3 aromatic carbocycles. The van der Waals surface area contributed by atoms with Crippen LogP contribution in [0.1, 0.15) is 16.8 Å². The van der Waals surface area contributed by atoms with Crippen LogP contribution in [0.3, 0.4) is 0 Å². The largest absolute Gasteiger partial charge is 0.487 e. The highest BCUT2D eigenvalue weighted by atomic mass is 35.5. The number of para-hydroxylation sites is 1. The molecular formula is C26H21ClN2O2. The van der Waals surface area contributed by atoms with Crippen molar-refractivity contribution >= 4 is 40.1 Å². The van der Waals surface area contributed by atoms with Crippen LogP contribution in [0.2, 0.25) is 5.02 Å². The van der Waals surface area contributed by atoms with E-state index < -0.39 is 0 Å². The van der Waals surface area contributed by atoms with Crippen LogP contribution in [-0.2, 0) is 11.4 Å². The molecule has 4 nitrogen and oxygen atoms in total. The standard InChI is InChI=1S/C26H21ClN2O2/c1-28-26(30)24(16-18-6-11-21(27)12-7-18)19-9-14-23(15-10-19)31-17-22-13-8-20-4-2-3-5-25(20)29-22/h2-16H,17H2,1H3,(H,28,30)/b24-16+. The molecule has 1 amide bonds. The van der Waals surface area contributed by atoms with Crippen molar-refractivity contribution < 1.29 is 9.53 Å². The number of hydrogen-bond donors (Lipinski definition) is 1. The Morgan fingerprint density at radius 1 is 0.968 bits per heavy atom. The van der Waals surface area contributed by atoms with Gasteiger partial charge >= 0.3 is 0 Å². The second-order valence-corrected chi connectivity index (χ2v) is 7.43. The average molecular weight is 429 g/mol. The second kappa shape index (κ2) is 9.45. The molecular weight excluding hydrogens is 408 g/mol. The Kier molecular flexibility index (Phi) is 6.29. The summed E-state index contributed by atoms with van der Waals surface area (Å²) < 4.78 is 5.90. The molecule has 5 heteroatoms. The lowest BCUT2D eigenvalue weighted by atomic mass is 10.0. The number of rotatable bonds is 6. The fraction of sp³-hybridized carbons (Fsp3) is 0.0769. The molecule has 0 atom stereocenters. The highest BCUT2D eigenvalue weighted by molar-refractivity contribution is 6.30. The highest BCUT2D eigenvalue weighted by Crippen LogP contribution is 2.23. The van der Waals surface area contributed by atoms with Crippen LogP contribution < -0.4 is 10.1 Å². The third-order valence-electron chi connectivity index (χ3n) is 4.86. The van der Waals surface area contributed by atoms with Gasteiger partial charge in [0.1, 0.15) is 12.4 Å². The first-order valence-electron chi connectivity index (χ1n) is 9.89.